The summed E-state index contributed by atoms with van der Waals surface area (Å²) in [6, 6.07) is 4.83. The highest BCUT2D eigenvalue weighted by molar-refractivity contribution is 9.10. The Balaban J connectivity index is 2.11. The predicted molar refractivity (Wildman–Crippen MR) is 74.1 cm³/mol. The highest BCUT2D eigenvalue weighted by Crippen LogP contribution is 2.28. The summed E-state index contributed by atoms with van der Waals surface area (Å²) in [7, 11) is 1.53. The Bertz CT molecular complexity index is 495. The molecular weight excluding hydrogens is 320 g/mol. The van der Waals surface area contributed by atoms with Crippen LogP contribution in [0, 0.1) is 0 Å². The lowest BCUT2D eigenvalue weighted by atomic mass is 10.2. The van der Waals surface area contributed by atoms with Crippen molar-refractivity contribution in [3.05, 3.63) is 22.7 Å². The third kappa shape index (κ3) is 2.97. The number of hydrogen-bond donors (Lipinski definition) is 2. The maximum Gasteiger partial charge on any atom is 0.279 e. The summed E-state index contributed by atoms with van der Waals surface area (Å²) >= 11 is 4.43. The molecular formula is C11H11BrN2O3S. The molecule has 1 unspecified atom stereocenters. The number of methoxy groups -OCH3 is 1. The van der Waals surface area contributed by atoms with Gasteiger partial charge < -0.3 is 15.4 Å². The molecule has 2 rings (SSSR count). The monoisotopic (exact) mass is 330 g/mol. The van der Waals surface area contributed by atoms with Crippen LogP contribution in [0.15, 0.2) is 22.7 Å². The maximum absolute atomic E-state index is 11.9. The smallest absolute Gasteiger partial charge is 0.279 e. The summed E-state index contributed by atoms with van der Waals surface area (Å²) in [6.45, 7) is 0. The van der Waals surface area contributed by atoms with E-state index < -0.39 is 6.04 Å². The molecule has 0 aliphatic carbocycles. The lowest BCUT2D eigenvalue weighted by Crippen LogP contribution is -2.38. The van der Waals surface area contributed by atoms with Gasteiger partial charge in [-0.3, -0.25) is 9.59 Å². The summed E-state index contributed by atoms with van der Waals surface area (Å²) < 4.78 is 5.99. The van der Waals surface area contributed by atoms with Crippen LogP contribution in [0.3, 0.4) is 0 Å². The number of rotatable bonds is 3. The van der Waals surface area contributed by atoms with E-state index in [0.717, 1.165) is 16.2 Å². The first-order chi connectivity index (χ1) is 8.60. The third-order valence-electron chi connectivity index (χ3n) is 2.41. The minimum absolute atomic E-state index is 0.170. The zero-order chi connectivity index (χ0) is 13.1. The van der Waals surface area contributed by atoms with Crippen molar-refractivity contribution < 1.29 is 14.3 Å². The molecule has 7 heteroatoms. The molecule has 1 aliphatic rings. The van der Waals surface area contributed by atoms with Gasteiger partial charge in [0.25, 0.3) is 5.24 Å². The molecule has 2 N–H and O–H groups in total. The van der Waals surface area contributed by atoms with Crippen molar-refractivity contribution in [3.63, 3.8) is 0 Å². The van der Waals surface area contributed by atoms with Crippen molar-refractivity contribution in [2.75, 3.05) is 18.2 Å². The first-order valence-corrected chi connectivity index (χ1v) is 6.95. The van der Waals surface area contributed by atoms with Gasteiger partial charge in [-0.1, -0.05) is 27.7 Å². The summed E-state index contributed by atoms with van der Waals surface area (Å²) in [5, 5.41) is 5.16. The molecule has 96 valence electrons. The minimum atomic E-state index is -0.494. The number of carbonyl (C=O) groups is 2. The fraction of sp³-hybridized carbons (Fsp3) is 0.273. The molecule has 1 heterocycles. The molecule has 0 radical (unpaired) electrons. The van der Waals surface area contributed by atoms with Gasteiger partial charge in [-0.2, -0.15) is 0 Å². The Morgan fingerprint density at radius 3 is 3.00 bits per heavy atom. The number of hydrogen-bond acceptors (Lipinski definition) is 4. The predicted octanol–water partition coefficient (Wildman–Crippen LogP) is 2.22. The number of thioether (sulfide) groups is 1. The SMILES string of the molecule is COc1ccc(Br)cc1NC(=O)C1CSC(=O)N1. The van der Waals surface area contributed by atoms with Crippen molar-refractivity contribution in [1.82, 2.24) is 5.32 Å². The van der Waals surface area contributed by atoms with Gasteiger partial charge in [0.15, 0.2) is 0 Å². The minimum Gasteiger partial charge on any atom is -0.495 e. The Hall–Kier alpha value is -1.21. The van der Waals surface area contributed by atoms with E-state index in [-0.39, 0.29) is 11.1 Å². The van der Waals surface area contributed by atoms with Gasteiger partial charge in [-0.25, -0.2) is 0 Å². The van der Waals surface area contributed by atoms with E-state index in [1.807, 2.05) is 6.07 Å². The fourth-order valence-electron chi connectivity index (χ4n) is 1.52. The Morgan fingerprint density at radius 2 is 2.39 bits per heavy atom. The lowest BCUT2D eigenvalue weighted by molar-refractivity contribution is -0.117. The van der Waals surface area contributed by atoms with Gasteiger partial charge in [0.1, 0.15) is 11.8 Å². The highest BCUT2D eigenvalue weighted by atomic mass is 79.9. The zero-order valence-electron chi connectivity index (χ0n) is 9.53. The molecule has 0 bridgehead atoms. The standard InChI is InChI=1S/C11H11BrN2O3S/c1-17-9-3-2-6(12)4-7(9)13-10(15)8-5-18-11(16)14-8/h2-4,8H,5H2,1H3,(H,13,15)(H,14,16). The second-order valence-electron chi connectivity index (χ2n) is 3.63. The maximum atomic E-state index is 11.9. The van der Waals surface area contributed by atoms with Gasteiger partial charge >= 0.3 is 0 Å². The average molecular weight is 331 g/mol. The highest BCUT2D eigenvalue weighted by Gasteiger charge is 2.28. The van der Waals surface area contributed by atoms with Crippen LogP contribution in [-0.4, -0.2) is 30.1 Å². The number of benzene rings is 1. The van der Waals surface area contributed by atoms with Crippen LogP contribution in [0.1, 0.15) is 0 Å². The van der Waals surface area contributed by atoms with Gasteiger partial charge in [-0.15, -0.1) is 0 Å². The molecule has 1 aliphatic heterocycles. The van der Waals surface area contributed by atoms with E-state index in [2.05, 4.69) is 26.6 Å². The van der Waals surface area contributed by atoms with E-state index in [0.29, 0.717) is 17.2 Å². The van der Waals surface area contributed by atoms with E-state index in [4.69, 9.17) is 4.74 Å². The zero-order valence-corrected chi connectivity index (χ0v) is 11.9. The quantitative estimate of drug-likeness (QED) is 0.891. The molecule has 1 atom stereocenters. The number of nitrogens with one attached hydrogen (secondary N) is 2. The largest absolute Gasteiger partial charge is 0.495 e. The molecule has 1 saturated heterocycles. The fourth-order valence-corrected chi connectivity index (χ4v) is 2.66. The summed E-state index contributed by atoms with van der Waals surface area (Å²) in [5.41, 5.74) is 0.572. The molecule has 5 nitrogen and oxygen atoms in total. The summed E-state index contributed by atoms with van der Waals surface area (Å²) in [4.78, 5) is 23.0. The van der Waals surface area contributed by atoms with Crippen LogP contribution in [0.25, 0.3) is 0 Å². The average Bonchev–Trinajstić information content (AvgIpc) is 2.76. The van der Waals surface area contributed by atoms with Crippen molar-refractivity contribution >= 4 is 44.5 Å². The normalized spacial score (nSPS) is 18.3. The Kier molecular flexibility index (Phi) is 4.13. The van der Waals surface area contributed by atoms with E-state index >= 15 is 0 Å². The second kappa shape index (κ2) is 5.62. The van der Waals surface area contributed by atoms with Crippen LogP contribution in [0.4, 0.5) is 10.5 Å². The Labute approximate surface area is 117 Å². The third-order valence-corrected chi connectivity index (χ3v) is 3.78. The van der Waals surface area contributed by atoms with Crippen molar-refractivity contribution in [1.29, 1.82) is 0 Å². The van der Waals surface area contributed by atoms with Crippen molar-refractivity contribution in [3.8, 4) is 5.75 Å². The number of ether oxygens (including phenoxy) is 1. The molecule has 2 amide bonds. The summed E-state index contributed by atoms with van der Waals surface area (Å²) in [5.74, 6) is 0.773. The van der Waals surface area contributed by atoms with Crippen molar-refractivity contribution in [2.24, 2.45) is 0 Å². The number of carbonyl (C=O) groups excluding carboxylic acids is 2. The van der Waals surface area contributed by atoms with Gasteiger partial charge in [0.2, 0.25) is 5.91 Å². The second-order valence-corrected chi connectivity index (χ2v) is 5.54. The van der Waals surface area contributed by atoms with E-state index in [1.165, 1.54) is 7.11 Å². The molecule has 1 aromatic rings. The van der Waals surface area contributed by atoms with E-state index in [9.17, 15) is 9.59 Å². The topological polar surface area (TPSA) is 67.4 Å². The molecule has 0 aromatic heterocycles. The molecule has 0 saturated carbocycles. The van der Waals surface area contributed by atoms with Crippen molar-refractivity contribution in [2.45, 2.75) is 6.04 Å². The molecule has 1 aromatic carbocycles. The van der Waals surface area contributed by atoms with Gasteiger partial charge in [0, 0.05) is 10.2 Å². The van der Waals surface area contributed by atoms with Crippen LogP contribution >= 0.6 is 27.7 Å². The van der Waals surface area contributed by atoms with Crippen LogP contribution < -0.4 is 15.4 Å². The first-order valence-electron chi connectivity index (χ1n) is 5.18. The number of anilines is 1. The lowest BCUT2D eigenvalue weighted by Gasteiger charge is -2.13. The van der Waals surface area contributed by atoms with Gasteiger partial charge in [0.05, 0.1) is 12.8 Å². The van der Waals surface area contributed by atoms with Crippen LogP contribution in [0.2, 0.25) is 0 Å². The van der Waals surface area contributed by atoms with Crippen LogP contribution in [0.5, 0.6) is 5.75 Å². The molecule has 18 heavy (non-hydrogen) atoms. The molecule has 1 fully saturated rings. The van der Waals surface area contributed by atoms with E-state index in [1.54, 1.807) is 12.1 Å². The summed E-state index contributed by atoms with van der Waals surface area (Å²) in [6.07, 6.45) is 0. The van der Waals surface area contributed by atoms with Crippen LogP contribution in [-0.2, 0) is 4.79 Å². The Morgan fingerprint density at radius 1 is 1.61 bits per heavy atom. The first kappa shape index (κ1) is 13.2. The number of amides is 2. The number of halogens is 1. The van der Waals surface area contributed by atoms with Gasteiger partial charge in [-0.05, 0) is 18.2 Å². The molecule has 0 spiro atoms.